The Balaban J connectivity index is 1.38. The third-order valence-electron chi connectivity index (χ3n) is 7.64. The number of rotatable bonds is 9. The fraction of sp³-hybridized carbons (Fsp3) is 0.654. The van der Waals surface area contributed by atoms with E-state index in [1.807, 2.05) is 38.1 Å². The van der Waals surface area contributed by atoms with Crippen LogP contribution in [0.5, 0.6) is 0 Å². The first-order valence-electron chi connectivity index (χ1n) is 12.7. The molecule has 3 aliphatic rings. The van der Waals surface area contributed by atoms with Crippen molar-refractivity contribution in [2.75, 3.05) is 64.5 Å². The second-order valence-corrected chi connectivity index (χ2v) is 9.79. The molecule has 3 heterocycles. The molecule has 0 saturated carbocycles. The minimum Gasteiger partial charge on any atom is -0.383 e. The van der Waals surface area contributed by atoms with Crippen molar-refractivity contribution in [2.45, 2.75) is 44.9 Å². The van der Waals surface area contributed by atoms with Gasteiger partial charge in [-0.2, -0.15) is 0 Å². The highest BCUT2D eigenvalue weighted by atomic mass is 16.5. The first kappa shape index (κ1) is 25.6. The number of hydrogen-bond acceptors (Lipinski definition) is 7. The summed E-state index contributed by atoms with van der Waals surface area (Å²) in [6, 6.07) is 6.39. The normalized spacial score (nSPS) is 24.4. The van der Waals surface area contributed by atoms with Gasteiger partial charge in [-0.15, -0.1) is 0 Å². The summed E-state index contributed by atoms with van der Waals surface area (Å²) in [6.45, 7) is 10.0. The van der Waals surface area contributed by atoms with E-state index in [2.05, 4.69) is 15.1 Å². The monoisotopic (exact) mass is 486 g/mol. The number of nitrogens with one attached hydrogen (secondary N) is 1. The molecule has 192 valence electrons. The van der Waals surface area contributed by atoms with Gasteiger partial charge in [0.1, 0.15) is 18.7 Å². The van der Waals surface area contributed by atoms with Gasteiger partial charge in [0.2, 0.25) is 5.91 Å². The van der Waals surface area contributed by atoms with Crippen LogP contribution in [-0.4, -0.2) is 105 Å². The number of likely N-dealkylation sites (tertiary alicyclic amines) is 1. The molecule has 0 bridgehead atoms. The number of carbonyl (C=O) groups is 3. The maximum absolute atomic E-state index is 13.4. The Hall–Kier alpha value is -2.49. The van der Waals surface area contributed by atoms with E-state index in [0.29, 0.717) is 18.5 Å². The van der Waals surface area contributed by atoms with E-state index in [-0.39, 0.29) is 36.2 Å². The molecule has 0 aromatic heterocycles. The highest BCUT2D eigenvalue weighted by Crippen LogP contribution is 2.28. The Kier molecular flexibility index (Phi) is 8.41. The van der Waals surface area contributed by atoms with Gasteiger partial charge in [-0.1, -0.05) is 20.3 Å². The van der Waals surface area contributed by atoms with Crippen LogP contribution in [0.4, 0.5) is 5.69 Å². The highest BCUT2D eigenvalue weighted by molar-refractivity contribution is 5.99. The minimum absolute atomic E-state index is 0.0507. The Labute approximate surface area is 207 Å². The Morgan fingerprint density at radius 1 is 1.14 bits per heavy atom. The van der Waals surface area contributed by atoms with Crippen LogP contribution in [0.15, 0.2) is 24.3 Å². The number of anilines is 1. The maximum Gasteiger partial charge on any atom is 0.251 e. The van der Waals surface area contributed by atoms with Crippen LogP contribution in [0.25, 0.3) is 0 Å². The van der Waals surface area contributed by atoms with Crippen LogP contribution < -0.4 is 10.2 Å². The Bertz CT molecular complexity index is 900. The number of ether oxygens (including phenoxy) is 2. The molecule has 4 atom stereocenters. The van der Waals surface area contributed by atoms with E-state index in [4.69, 9.17) is 9.47 Å². The lowest BCUT2D eigenvalue weighted by Gasteiger charge is -2.36. The van der Waals surface area contributed by atoms with E-state index in [1.165, 1.54) is 0 Å². The van der Waals surface area contributed by atoms with Crippen LogP contribution in [0.2, 0.25) is 0 Å². The van der Waals surface area contributed by atoms with Crippen molar-refractivity contribution in [1.29, 1.82) is 0 Å². The van der Waals surface area contributed by atoms with E-state index >= 15 is 0 Å². The van der Waals surface area contributed by atoms with Gasteiger partial charge >= 0.3 is 0 Å². The molecular weight excluding hydrogens is 448 g/mol. The molecule has 0 aliphatic carbocycles. The van der Waals surface area contributed by atoms with Crippen LogP contribution in [-0.2, 0) is 19.1 Å². The molecule has 35 heavy (non-hydrogen) atoms. The quantitative estimate of drug-likeness (QED) is 0.560. The van der Waals surface area contributed by atoms with Crippen molar-refractivity contribution in [3.05, 3.63) is 29.8 Å². The average molecular weight is 487 g/mol. The van der Waals surface area contributed by atoms with Gasteiger partial charge in [0.05, 0.1) is 12.7 Å². The van der Waals surface area contributed by atoms with Gasteiger partial charge in [0.15, 0.2) is 5.78 Å². The van der Waals surface area contributed by atoms with Crippen molar-refractivity contribution in [1.82, 2.24) is 15.1 Å². The molecule has 4 rings (SSSR count). The molecule has 0 spiro atoms. The molecule has 3 aliphatic heterocycles. The predicted octanol–water partition coefficient (Wildman–Crippen LogP) is 1.17. The molecule has 1 aromatic carbocycles. The van der Waals surface area contributed by atoms with E-state index < -0.39 is 12.1 Å². The second kappa shape index (κ2) is 11.5. The summed E-state index contributed by atoms with van der Waals surface area (Å²) >= 11 is 0. The summed E-state index contributed by atoms with van der Waals surface area (Å²) in [5.74, 6) is -0.576. The number of benzene rings is 1. The standard InChI is InChI=1S/C26H38N4O5/c1-4-18(2)23(26(33)30-10-9-22-24(30)21(31)17-35-22)27-25(32)19-5-7-20(8-6-19)29-13-11-28(12-14-29)15-16-34-3/h5-8,18,22-24H,4,9-17H2,1-3H3,(H,27,32)/t18-,22+,23?,24+/m0/s1. The predicted molar refractivity (Wildman–Crippen MR) is 133 cm³/mol. The summed E-state index contributed by atoms with van der Waals surface area (Å²) in [5.41, 5.74) is 1.61. The fourth-order valence-electron chi connectivity index (χ4n) is 5.20. The zero-order valence-corrected chi connectivity index (χ0v) is 21.1. The molecule has 1 aromatic rings. The molecule has 9 nitrogen and oxygen atoms in total. The van der Waals surface area contributed by atoms with Gasteiger partial charge in [0, 0.05) is 57.6 Å². The molecular formula is C26H38N4O5. The lowest BCUT2D eigenvalue weighted by molar-refractivity contribution is -0.139. The van der Waals surface area contributed by atoms with Gasteiger partial charge in [0.25, 0.3) is 5.91 Å². The number of methoxy groups -OCH3 is 1. The molecule has 9 heteroatoms. The first-order valence-corrected chi connectivity index (χ1v) is 12.7. The Morgan fingerprint density at radius 2 is 1.86 bits per heavy atom. The molecule has 0 radical (unpaired) electrons. The molecule has 1 unspecified atom stereocenters. The van der Waals surface area contributed by atoms with Gasteiger partial charge in [-0.25, -0.2) is 0 Å². The SMILES string of the molecule is CC[C@H](C)C(NC(=O)c1ccc(N2CCN(CCOC)CC2)cc1)C(=O)N1CC[C@H]2OCC(=O)[C@H]21. The fourth-order valence-corrected chi connectivity index (χ4v) is 5.20. The van der Waals surface area contributed by atoms with Gasteiger partial charge in [-0.3, -0.25) is 19.3 Å². The van der Waals surface area contributed by atoms with Crippen molar-refractivity contribution in [3.8, 4) is 0 Å². The van der Waals surface area contributed by atoms with Crippen molar-refractivity contribution < 1.29 is 23.9 Å². The number of nitrogens with zero attached hydrogens (tertiary/aromatic N) is 3. The van der Waals surface area contributed by atoms with Crippen LogP contribution in [0, 0.1) is 5.92 Å². The van der Waals surface area contributed by atoms with Crippen molar-refractivity contribution >= 4 is 23.3 Å². The number of carbonyl (C=O) groups excluding carboxylic acids is 3. The molecule has 1 N–H and O–H groups in total. The average Bonchev–Trinajstić information content (AvgIpc) is 3.48. The van der Waals surface area contributed by atoms with Crippen LogP contribution in [0.1, 0.15) is 37.0 Å². The number of fused-ring (bicyclic) bond motifs is 1. The van der Waals surface area contributed by atoms with E-state index in [9.17, 15) is 14.4 Å². The lowest BCUT2D eigenvalue weighted by Crippen LogP contribution is -2.54. The Morgan fingerprint density at radius 3 is 2.51 bits per heavy atom. The summed E-state index contributed by atoms with van der Waals surface area (Å²) in [5, 5.41) is 2.97. The molecule has 2 amide bonds. The third kappa shape index (κ3) is 5.68. The number of ketones is 1. The first-order chi connectivity index (χ1) is 16.9. The zero-order chi connectivity index (χ0) is 24.9. The summed E-state index contributed by atoms with van der Waals surface area (Å²) in [7, 11) is 1.72. The van der Waals surface area contributed by atoms with Gasteiger partial charge < -0.3 is 24.6 Å². The maximum atomic E-state index is 13.4. The highest BCUT2D eigenvalue weighted by Gasteiger charge is 2.48. The molecule has 3 saturated heterocycles. The largest absolute Gasteiger partial charge is 0.383 e. The number of piperazine rings is 1. The van der Waals surface area contributed by atoms with Crippen LogP contribution >= 0.6 is 0 Å². The second-order valence-electron chi connectivity index (χ2n) is 9.79. The van der Waals surface area contributed by atoms with E-state index in [0.717, 1.165) is 51.4 Å². The zero-order valence-electron chi connectivity index (χ0n) is 21.1. The number of Topliss-reactive ketones (excluding diaryl/α,β-unsaturated/α-hetero) is 1. The third-order valence-corrected chi connectivity index (χ3v) is 7.64. The van der Waals surface area contributed by atoms with Crippen LogP contribution in [0.3, 0.4) is 0 Å². The number of amides is 2. The molecule has 3 fully saturated rings. The topological polar surface area (TPSA) is 91.4 Å². The summed E-state index contributed by atoms with van der Waals surface area (Å²) in [6.07, 6.45) is 1.18. The number of hydrogen-bond donors (Lipinski definition) is 1. The van der Waals surface area contributed by atoms with Crippen molar-refractivity contribution in [3.63, 3.8) is 0 Å². The smallest absolute Gasteiger partial charge is 0.251 e. The summed E-state index contributed by atoms with van der Waals surface area (Å²) < 4.78 is 10.7. The van der Waals surface area contributed by atoms with Crippen molar-refractivity contribution in [2.24, 2.45) is 5.92 Å². The summed E-state index contributed by atoms with van der Waals surface area (Å²) in [4.78, 5) is 45.2. The van der Waals surface area contributed by atoms with Gasteiger partial charge in [-0.05, 0) is 36.6 Å². The van der Waals surface area contributed by atoms with E-state index in [1.54, 1.807) is 12.0 Å². The minimum atomic E-state index is -0.681. The lowest BCUT2D eigenvalue weighted by atomic mass is 9.96.